The number of hydrogen-bond acceptors (Lipinski definition) is 1. The third-order valence-electron chi connectivity index (χ3n) is 0.756. The van der Waals surface area contributed by atoms with Crippen LogP contribution in [0, 0.1) is 0 Å². The Morgan fingerprint density at radius 3 is 1.58 bits per heavy atom. The minimum absolute atomic E-state index is 0.322. The van der Waals surface area contributed by atoms with E-state index in [2.05, 4.69) is 40.0 Å². The maximum absolute atomic E-state index is 8.63. The topological polar surface area (TPSA) is 20.2 Å². The molecule has 0 bridgehead atoms. The van der Waals surface area contributed by atoms with Gasteiger partial charge in [0.2, 0.25) is 0 Å². The van der Waals surface area contributed by atoms with Crippen molar-refractivity contribution in [2.45, 2.75) is 13.8 Å². The summed E-state index contributed by atoms with van der Waals surface area (Å²) in [6, 6.07) is 8.71. The van der Waals surface area contributed by atoms with E-state index in [1.54, 1.807) is 24.3 Å². The van der Waals surface area contributed by atoms with Crippen LogP contribution in [0.3, 0.4) is 0 Å². The molecule has 0 spiro atoms. The van der Waals surface area contributed by atoms with Crippen LogP contribution in [0.25, 0.3) is 0 Å². The molecule has 69 valence electrons. The van der Waals surface area contributed by atoms with Gasteiger partial charge in [-0.25, -0.2) is 0 Å². The number of rotatable bonds is 0. The fourth-order valence-corrected chi connectivity index (χ4v) is 0.428. The van der Waals surface area contributed by atoms with Crippen molar-refractivity contribution in [2.24, 2.45) is 0 Å². The van der Waals surface area contributed by atoms with Gasteiger partial charge in [0.05, 0.1) is 0 Å². The van der Waals surface area contributed by atoms with E-state index in [9.17, 15) is 0 Å². The molecule has 12 heavy (non-hydrogen) atoms. The first-order valence-corrected chi connectivity index (χ1v) is 12.5. The number of hydrogen-bond donors (Lipinski definition) is 1. The molecular weight excluding hydrogens is 417 g/mol. The molecule has 0 aliphatic rings. The second kappa shape index (κ2) is 14.6. The SMILES string of the molecule is CC.Oc1ccccc1.[I][V][I]. The second-order valence-corrected chi connectivity index (χ2v) is 13.2. The normalized spacial score (nSPS) is 6.67. The van der Waals surface area contributed by atoms with Crippen LogP contribution in [-0.2, 0) is 9.47 Å². The van der Waals surface area contributed by atoms with Crippen molar-refractivity contribution in [1.82, 2.24) is 0 Å². The Morgan fingerprint density at radius 2 is 1.42 bits per heavy atom. The number of para-hydroxylation sites is 1. The predicted octanol–water partition coefficient (Wildman–Crippen LogP) is 4.19. The fourth-order valence-electron chi connectivity index (χ4n) is 0.428. The Hall–Kier alpha value is 1.06. The van der Waals surface area contributed by atoms with E-state index >= 15 is 0 Å². The number of phenols is 1. The van der Waals surface area contributed by atoms with Crippen LogP contribution in [0.2, 0.25) is 0 Å². The van der Waals surface area contributed by atoms with Gasteiger partial charge in [0, 0.05) is 0 Å². The van der Waals surface area contributed by atoms with Gasteiger partial charge in [-0.2, -0.15) is 0 Å². The van der Waals surface area contributed by atoms with Gasteiger partial charge in [0.15, 0.2) is 0 Å². The molecule has 1 aromatic carbocycles. The molecule has 0 amide bonds. The van der Waals surface area contributed by atoms with Crippen molar-refractivity contribution in [2.75, 3.05) is 0 Å². The van der Waals surface area contributed by atoms with Crippen molar-refractivity contribution in [3.8, 4) is 5.75 Å². The van der Waals surface area contributed by atoms with Gasteiger partial charge >= 0.3 is 49.4 Å². The third-order valence-corrected chi connectivity index (χ3v) is 0.756. The first kappa shape index (κ1) is 15.5. The monoisotopic (exact) mass is 429 g/mol. The molecule has 4 heteroatoms. The van der Waals surface area contributed by atoms with E-state index in [4.69, 9.17) is 5.11 Å². The first-order chi connectivity index (χ1) is 5.81. The Kier molecular flexibility index (Phi) is 18.9. The second-order valence-electron chi connectivity index (χ2n) is 1.40. The molecule has 0 fully saturated rings. The van der Waals surface area contributed by atoms with E-state index in [1.165, 1.54) is 0 Å². The molecule has 1 rings (SSSR count). The summed E-state index contributed by atoms with van der Waals surface area (Å²) in [7, 11) is 0.628. The Morgan fingerprint density at radius 1 is 1.08 bits per heavy atom. The predicted molar refractivity (Wildman–Crippen MR) is 67.5 cm³/mol. The molecule has 0 heterocycles. The van der Waals surface area contributed by atoms with Crippen molar-refractivity contribution in [3.63, 3.8) is 0 Å². The van der Waals surface area contributed by atoms with Gasteiger partial charge in [-0.15, -0.1) is 0 Å². The van der Waals surface area contributed by atoms with Crippen molar-refractivity contribution in [3.05, 3.63) is 30.3 Å². The van der Waals surface area contributed by atoms with Crippen LogP contribution in [0.4, 0.5) is 0 Å². The summed E-state index contributed by atoms with van der Waals surface area (Å²) in [6.07, 6.45) is 0. The number of benzene rings is 1. The molecule has 1 nitrogen and oxygen atoms in total. The molecule has 0 atom stereocenters. The summed E-state index contributed by atoms with van der Waals surface area (Å²) in [4.78, 5) is 0. The number of phenolic OH excluding ortho intramolecular Hbond substituents is 1. The van der Waals surface area contributed by atoms with E-state index in [0.29, 0.717) is 15.2 Å². The average molecular weight is 429 g/mol. The molecule has 0 saturated heterocycles. The van der Waals surface area contributed by atoms with Crippen LogP contribution in [0.15, 0.2) is 30.3 Å². The van der Waals surface area contributed by atoms with Crippen LogP contribution in [0.5, 0.6) is 5.75 Å². The maximum atomic E-state index is 8.63. The van der Waals surface area contributed by atoms with E-state index in [-0.39, 0.29) is 0 Å². The fraction of sp³-hybridized carbons (Fsp3) is 0.250. The summed E-state index contributed by atoms with van der Waals surface area (Å²) >= 11 is 4.74. The summed E-state index contributed by atoms with van der Waals surface area (Å²) < 4.78 is 0. The molecule has 0 saturated carbocycles. The van der Waals surface area contributed by atoms with Crippen molar-refractivity contribution < 1.29 is 14.6 Å². The van der Waals surface area contributed by atoms with Crippen LogP contribution in [-0.4, -0.2) is 5.11 Å². The van der Waals surface area contributed by atoms with Crippen molar-refractivity contribution >= 4 is 40.0 Å². The summed E-state index contributed by atoms with van der Waals surface area (Å²) in [5.41, 5.74) is 0. The van der Waals surface area contributed by atoms with Crippen molar-refractivity contribution in [1.29, 1.82) is 0 Å². The van der Waals surface area contributed by atoms with Crippen LogP contribution in [0.1, 0.15) is 13.8 Å². The summed E-state index contributed by atoms with van der Waals surface area (Å²) in [6.45, 7) is 4.00. The quantitative estimate of drug-likeness (QED) is 0.614. The van der Waals surface area contributed by atoms with E-state index < -0.39 is 0 Å². The third kappa shape index (κ3) is 13.6. The molecule has 0 unspecified atom stereocenters. The van der Waals surface area contributed by atoms with Gasteiger partial charge in [0.1, 0.15) is 5.75 Å². The number of halogens is 2. The molecule has 0 aliphatic heterocycles. The Bertz CT molecular complexity index is 158. The molecule has 1 aromatic rings. The van der Waals surface area contributed by atoms with Gasteiger partial charge in [-0.05, 0) is 12.1 Å². The summed E-state index contributed by atoms with van der Waals surface area (Å²) in [5, 5.41) is 8.63. The molecule has 0 radical (unpaired) electrons. The molecular formula is C8H12I2OV. The molecule has 0 aliphatic carbocycles. The van der Waals surface area contributed by atoms with Crippen LogP contribution >= 0.6 is 40.0 Å². The zero-order valence-electron chi connectivity index (χ0n) is 7.04. The zero-order valence-corrected chi connectivity index (χ0v) is 12.7. The van der Waals surface area contributed by atoms with Gasteiger partial charge in [-0.3, -0.25) is 0 Å². The van der Waals surface area contributed by atoms with Gasteiger partial charge in [0.25, 0.3) is 0 Å². The van der Waals surface area contributed by atoms with Gasteiger partial charge < -0.3 is 5.11 Å². The standard InChI is InChI=1S/C6H6O.C2H6.2HI.V/c7-6-4-2-1-3-5-6;1-2;;;/h1-5,7H;1-2H3;2*1H;/q;;;;+2/p-2. The summed E-state index contributed by atoms with van der Waals surface area (Å²) in [5.74, 6) is 0.322. The minimum atomic E-state index is 0.322. The molecule has 0 aromatic heterocycles. The zero-order chi connectivity index (χ0) is 9.82. The van der Waals surface area contributed by atoms with Gasteiger partial charge in [-0.1, -0.05) is 32.0 Å². The number of aromatic hydroxyl groups is 1. The first-order valence-electron chi connectivity index (χ1n) is 3.47. The van der Waals surface area contributed by atoms with Crippen LogP contribution < -0.4 is 0 Å². The van der Waals surface area contributed by atoms with E-state index in [0.717, 1.165) is 0 Å². The average Bonchev–Trinajstić information content (AvgIpc) is 2.11. The molecule has 1 N–H and O–H groups in total. The Balaban J connectivity index is 0. The van der Waals surface area contributed by atoms with E-state index in [1.807, 2.05) is 19.9 Å². The Labute approximate surface area is 103 Å².